The standard InChI is InChI=1S/C23H31N5O3S/c1-15-6-8-18(9-7-15)26-22(31)24-13-17-5-4-12-28(14-17)20(29)11-10-19-16(2)25-23(32-3)27-21(19)30/h6-9,17H,4-5,10-14H2,1-3H3,(H2,24,26,31)(H,25,27,30). The van der Waals surface area contributed by atoms with E-state index in [2.05, 4.69) is 20.6 Å². The first-order chi connectivity index (χ1) is 15.4. The van der Waals surface area contributed by atoms with E-state index in [1.807, 2.05) is 42.3 Å². The van der Waals surface area contributed by atoms with Gasteiger partial charge in [-0.25, -0.2) is 9.78 Å². The Morgan fingerprint density at radius 1 is 1.25 bits per heavy atom. The lowest BCUT2D eigenvalue weighted by Crippen LogP contribution is -2.44. The minimum atomic E-state index is -0.242. The number of H-pyrrole nitrogens is 1. The van der Waals surface area contributed by atoms with Gasteiger partial charge in [0, 0.05) is 43.0 Å². The van der Waals surface area contributed by atoms with Gasteiger partial charge in [-0.05, 0) is 57.4 Å². The highest BCUT2D eigenvalue weighted by atomic mass is 32.2. The Hall–Kier alpha value is -2.81. The van der Waals surface area contributed by atoms with Gasteiger partial charge in [-0.1, -0.05) is 29.5 Å². The highest BCUT2D eigenvalue weighted by Crippen LogP contribution is 2.18. The molecule has 3 N–H and O–H groups in total. The normalized spacial score (nSPS) is 16.0. The Kier molecular flexibility index (Phi) is 8.33. The molecular weight excluding hydrogens is 426 g/mol. The predicted molar refractivity (Wildman–Crippen MR) is 127 cm³/mol. The minimum Gasteiger partial charge on any atom is -0.342 e. The van der Waals surface area contributed by atoms with Crippen molar-refractivity contribution in [3.8, 4) is 0 Å². The van der Waals surface area contributed by atoms with E-state index in [9.17, 15) is 14.4 Å². The van der Waals surface area contributed by atoms with Crippen LogP contribution >= 0.6 is 11.8 Å². The molecule has 172 valence electrons. The molecule has 3 rings (SSSR count). The van der Waals surface area contributed by atoms with Crippen LogP contribution in [0.15, 0.2) is 34.2 Å². The van der Waals surface area contributed by atoms with Gasteiger partial charge in [0.1, 0.15) is 0 Å². The van der Waals surface area contributed by atoms with Crippen LogP contribution < -0.4 is 16.2 Å². The fourth-order valence-corrected chi connectivity index (χ4v) is 4.30. The highest BCUT2D eigenvalue weighted by Gasteiger charge is 2.24. The Bertz CT molecular complexity index is 1010. The number of benzene rings is 1. The molecule has 1 fully saturated rings. The van der Waals surface area contributed by atoms with Crippen LogP contribution in [0.4, 0.5) is 10.5 Å². The van der Waals surface area contributed by atoms with Crippen molar-refractivity contribution < 1.29 is 9.59 Å². The minimum absolute atomic E-state index is 0.0338. The average Bonchev–Trinajstić information content (AvgIpc) is 2.78. The van der Waals surface area contributed by atoms with Gasteiger partial charge in [0.2, 0.25) is 5.91 Å². The van der Waals surface area contributed by atoms with Crippen molar-refractivity contribution in [3.05, 3.63) is 51.4 Å². The summed E-state index contributed by atoms with van der Waals surface area (Å²) in [5.41, 5.74) is 2.95. The number of amides is 3. The van der Waals surface area contributed by atoms with Crippen molar-refractivity contribution in [1.29, 1.82) is 0 Å². The number of likely N-dealkylation sites (tertiary alicyclic amines) is 1. The molecule has 32 heavy (non-hydrogen) atoms. The first-order valence-corrected chi connectivity index (χ1v) is 12.1. The number of thioether (sulfide) groups is 1. The molecule has 2 heterocycles. The van der Waals surface area contributed by atoms with E-state index in [4.69, 9.17) is 0 Å². The number of nitrogens with zero attached hydrogens (tertiary/aromatic N) is 2. The van der Waals surface area contributed by atoms with Crippen LogP contribution in [0.1, 0.15) is 36.1 Å². The summed E-state index contributed by atoms with van der Waals surface area (Å²) in [6.45, 7) is 5.64. The molecule has 0 radical (unpaired) electrons. The van der Waals surface area contributed by atoms with Gasteiger partial charge in [0.25, 0.3) is 5.56 Å². The van der Waals surface area contributed by atoms with E-state index in [0.29, 0.717) is 42.5 Å². The van der Waals surface area contributed by atoms with Crippen molar-refractivity contribution >= 4 is 29.4 Å². The van der Waals surface area contributed by atoms with Crippen LogP contribution in [0.2, 0.25) is 0 Å². The van der Waals surface area contributed by atoms with Crippen molar-refractivity contribution in [2.24, 2.45) is 5.92 Å². The lowest BCUT2D eigenvalue weighted by atomic mass is 9.97. The van der Waals surface area contributed by atoms with Crippen LogP contribution in [0.3, 0.4) is 0 Å². The topological polar surface area (TPSA) is 107 Å². The lowest BCUT2D eigenvalue weighted by Gasteiger charge is -2.33. The second kappa shape index (κ2) is 11.2. The number of urea groups is 1. The Balaban J connectivity index is 1.46. The van der Waals surface area contributed by atoms with E-state index in [-0.39, 0.29) is 29.8 Å². The third kappa shape index (κ3) is 6.59. The molecule has 3 amide bonds. The number of carbonyl (C=O) groups excluding carboxylic acids is 2. The molecule has 1 aliphatic rings. The molecule has 9 heteroatoms. The summed E-state index contributed by atoms with van der Waals surface area (Å²) in [6.07, 6.45) is 4.38. The SMILES string of the molecule is CSc1nc(C)c(CCC(=O)N2CCCC(CNC(=O)Nc3ccc(C)cc3)C2)c(=O)[nH]1. The van der Waals surface area contributed by atoms with Gasteiger partial charge in [-0.3, -0.25) is 9.59 Å². The molecular formula is C23H31N5O3S. The molecule has 2 aromatic rings. The smallest absolute Gasteiger partial charge is 0.319 e. The second-order valence-corrected chi connectivity index (χ2v) is 8.98. The van der Waals surface area contributed by atoms with Gasteiger partial charge >= 0.3 is 6.03 Å². The van der Waals surface area contributed by atoms with Crippen LogP contribution in [-0.2, 0) is 11.2 Å². The van der Waals surface area contributed by atoms with E-state index in [1.165, 1.54) is 11.8 Å². The maximum Gasteiger partial charge on any atom is 0.319 e. The number of carbonyl (C=O) groups is 2. The molecule has 0 bridgehead atoms. The molecule has 0 saturated carbocycles. The Morgan fingerprint density at radius 3 is 2.69 bits per heavy atom. The molecule has 1 atom stereocenters. The fraction of sp³-hybridized carbons (Fsp3) is 0.478. The maximum atomic E-state index is 12.8. The third-order valence-electron chi connectivity index (χ3n) is 5.72. The van der Waals surface area contributed by atoms with E-state index in [0.717, 1.165) is 24.1 Å². The number of hydrogen-bond donors (Lipinski definition) is 3. The zero-order chi connectivity index (χ0) is 23.1. The molecule has 0 spiro atoms. The quantitative estimate of drug-likeness (QED) is 0.437. The molecule has 1 aliphatic heterocycles. The molecule has 1 unspecified atom stereocenters. The van der Waals surface area contributed by atoms with Gasteiger partial charge in [-0.15, -0.1) is 0 Å². The number of aromatic nitrogens is 2. The summed E-state index contributed by atoms with van der Waals surface area (Å²) < 4.78 is 0. The van der Waals surface area contributed by atoms with Crippen LogP contribution in [0.5, 0.6) is 0 Å². The van der Waals surface area contributed by atoms with Crippen molar-refractivity contribution in [2.75, 3.05) is 31.2 Å². The van der Waals surface area contributed by atoms with Crippen molar-refractivity contribution in [3.63, 3.8) is 0 Å². The zero-order valence-corrected chi connectivity index (χ0v) is 19.7. The number of aryl methyl sites for hydroxylation is 2. The first-order valence-electron chi connectivity index (χ1n) is 10.9. The van der Waals surface area contributed by atoms with Crippen LogP contribution in [0, 0.1) is 19.8 Å². The summed E-state index contributed by atoms with van der Waals surface area (Å²) >= 11 is 1.38. The summed E-state index contributed by atoms with van der Waals surface area (Å²) in [6, 6.07) is 7.39. The summed E-state index contributed by atoms with van der Waals surface area (Å²) in [4.78, 5) is 46.2. The highest BCUT2D eigenvalue weighted by molar-refractivity contribution is 7.98. The van der Waals surface area contributed by atoms with Crippen molar-refractivity contribution in [2.45, 2.75) is 44.7 Å². The first kappa shape index (κ1) is 23.8. The number of aromatic amines is 1. The third-order valence-corrected chi connectivity index (χ3v) is 6.30. The Morgan fingerprint density at radius 2 is 2.00 bits per heavy atom. The molecule has 1 saturated heterocycles. The van der Waals surface area contributed by atoms with Crippen molar-refractivity contribution in [1.82, 2.24) is 20.2 Å². The summed E-state index contributed by atoms with van der Waals surface area (Å²) in [5.74, 6) is 0.246. The molecule has 0 aliphatic carbocycles. The van der Waals surface area contributed by atoms with Gasteiger partial charge < -0.3 is 20.5 Å². The molecule has 8 nitrogen and oxygen atoms in total. The number of nitrogens with one attached hydrogen (secondary N) is 3. The zero-order valence-electron chi connectivity index (χ0n) is 18.9. The predicted octanol–water partition coefficient (Wildman–Crippen LogP) is 3.10. The second-order valence-electron chi connectivity index (χ2n) is 8.19. The monoisotopic (exact) mass is 457 g/mol. The summed E-state index contributed by atoms with van der Waals surface area (Å²) in [7, 11) is 0. The van der Waals surface area contributed by atoms with Crippen LogP contribution in [0.25, 0.3) is 0 Å². The van der Waals surface area contributed by atoms with Gasteiger partial charge in [0.05, 0.1) is 0 Å². The number of piperidine rings is 1. The van der Waals surface area contributed by atoms with Gasteiger partial charge in [0.15, 0.2) is 5.16 Å². The summed E-state index contributed by atoms with van der Waals surface area (Å²) in [5, 5.41) is 6.33. The molecule has 1 aromatic heterocycles. The fourth-order valence-electron chi connectivity index (χ4n) is 3.87. The van der Waals surface area contributed by atoms with Gasteiger partial charge in [-0.2, -0.15) is 0 Å². The average molecular weight is 458 g/mol. The molecule has 1 aromatic carbocycles. The van der Waals surface area contributed by atoms with E-state index >= 15 is 0 Å². The van der Waals surface area contributed by atoms with Crippen LogP contribution in [-0.4, -0.2) is 52.7 Å². The maximum absolute atomic E-state index is 12.8. The number of anilines is 1. The number of rotatable bonds is 7. The van der Waals surface area contributed by atoms with E-state index in [1.54, 1.807) is 6.92 Å². The van der Waals surface area contributed by atoms with E-state index < -0.39 is 0 Å². The largest absolute Gasteiger partial charge is 0.342 e. The number of hydrogen-bond acceptors (Lipinski definition) is 5. The lowest BCUT2D eigenvalue weighted by molar-refractivity contribution is -0.132. The Labute approximate surface area is 192 Å².